The molecule has 0 radical (unpaired) electrons. The molecule has 0 saturated carbocycles. The molecule has 0 fully saturated rings. The fourth-order valence-corrected chi connectivity index (χ4v) is 1.68. The number of carbonyl (C=O) groups is 1. The van der Waals surface area contributed by atoms with Gasteiger partial charge in [0.05, 0.1) is 5.56 Å². The van der Waals surface area contributed by atoms with Crippen LogP contribution in [0.4, 0.5) is 4.39 Å². The number of ketones is 1. The molecule has 0 atom stereocenters. The van der Waals surface area contributed by atoms with E-state index in [2.05, 4.69) is 6.58 Å². The summed E-state index contributed by atoms with van der Waals surface area (Å²) in [5, 5.41) is 0. The smallest absolute Gasteiger partial charge is 0.170 e. The number of hydrogen-bond donors (Lipinski definition) is 0. The number of carbonyl (C=O) groups excluding carboxylic acids is 1. The molecular formula is C20H29FO. The lowest BCUT2D eigenvalue weighted by molar-refractivity contribution is 0.0990. The normalized spacial score (nSPS) is 10.2. The quantitative estimate of drug-likeness (QED) is 0.451. The van der Waals surface area contributed by atoms with Crippen molar-refractivity contribution in [2.45, 2.75) is 48.0 Å². The third kappa shape index (κ3) is 7.72. The minimum atomic E-state index is -0.430. The van der Waals surface area contributed by atoms with Crippen molar-refractivity contribution in [1.82, 2.24) is 0 Å². The monoisotopic (exact) mass is 304 g/mol. The lowest BCUT2D eigenvalue weighted by Crippen LogP contribution is -2.04. The van der Waals surface area contributed by atoms with Crippen molar-refractivity contribution in [2.24, 2.45) is 0 Å². The first-order valence-corrected chi connectivity index (χ1v) is 7.82. The Morgan fingerprint density at radius 1 is 1.23 bits per heavy atom. The van der Waals surface area contributed by atoms with Crippen LogP contribution < -0.4 is 0 Å². The number of allylic oxidation sites excluding steroid dienone is 5. The molecule has 0 saturated heterocycles. The van der Waals surface area contributed by atoms with E-state index in [1.54, 1.807) is 31.2 Å². The first-order valence-electron chi connectivity index (χ1n) is 7.82. The van der Waals surface area contributed by atoms with E-state index in [1.807, 2.05) is 46.8 Å². The summed E-state index contributed by atoms with van der Waals surface area (Å²) in [5.41, 5.74) is 1.45. The summed E-state index contributed by atoms with van der Waals surface area (Å²) in [7, 11) is 0. The molecule has 0 spiro atoms. The van der Waals surface area contributed by atoms with Gasteiger partial charge in [0, 0.05) is 6.42 Å². The Morgan fingerprint density at radius 3 is 2.32 bits per heavy atom. The standard InChI is InChI=1S/C16H17FO.2C2H6/c1-4-7-13(8-5-2)11-15(18)14-10-6-9-12(3)16(14)17;2*1-2/h4-10H,1,11H2,2-3H3;2*1-2H3/b8-5-,13-7+;;. The molecular weight excluding hydrogens is 275 g/mol. The predicted octanol–water partition coefficient (Wildman–Crippen LogP) is 6.45. The van der Waals surface area contributed by atoms with Crippen LogP contribution in [0.5, 0.6) is 0 Å². The number of hydrogen-bond acceptors (Lipinski definition) is 1. The van der Waals surface area contributed by atoms with Crippen LogP contribution in [0, 0.1) is 12.7 Å². The lowest BCUT2D eigenvalue weighted by atomic mass is 10.0. The molecule has 2 heteroatoms. The lowest BCUT2D eigenvalue weighted by Gasteiger charge is -2.05. The highest BCUT2D eigenvalue weighted by molar-refractivity contribution is 5.98. The van der Waals surface area contributed by atoms with Crippen LogP contribution in [0.1, 0.15) is 57.0 Å². The zero-order valence-corrected chi connectivity index (χ0v) is 14.7. The second-order valence-corrected chi connectivity index (χ2v) is 4.01. The van der Waals surface area contributed by atoms with E-state index in [0.29, 0.717) is 5.56 Å². The molecule has 1 rings (SSSR count). The van der Waals surface area contributed by atoms with Crippen molar-refractivity contribution >= 4 is 5.78 Å². The van der Waals surface area contributed by atoms with E-state index < -0.39 is 5.82 Å². The Morgan fingerprint density at radius 2 is 1.82 bits per heavy atom. The number of Topliss-reactive ketones (excluding diaryl/α,β-unsaturated/α-hetero) is 1. The number of aryl methyl sites for hydroxylation is 1. The molecule has 0 N–H and O–H groups in total. The largest absolute Gasteiger partial charge is 0.294 e. The molecule has 0 bridgehead atoms. The van der Waals surface area contributed by atoms with Gasteiger partial charge >= 0.3 is 0 Å². The van der Waals surface area contributed by atoms with E-state index >= 15 is 0 Å². The van der Waals surface area contributed by atoms with Gasteiger partial charge < -0.3 is 0 Å². The molecule has 0 aliphatic rings. The maximum Gasteiger partial charge on any atom is 0.170 e. The van der Waals surface area contributed by atoms with Gasteiger partial charge in [-0.15, -0.1) is 0 Å². The molecule has 0 amide bonds. The van der Waals surface area contributed by atoms with Gasteiger partial charge in [0.15, 0.2) is 5.78 Å². The minimum Gasteiger partial charge on any atom is -0.294 e. The summed E-state index contributed by atoms with van der Waals surface area (Å²) in [6, 6.07) is 4.86. The van der Waals surface area contributed by atoms with Crippen molar-refractivity contribution in [1.29, 1.82) is 0 Å². The minimum absolute atomic E-state index is 0.148. The van der Waals surface area contributed by atoms with Crippen molar-refractivity contribution in [3.05, 3.63) is 71.6 Å². The summed E-state index contributed by atoms with van der Waals surface area (Å²) in [5.74, 6) is -0.650. The van der Waals surface area contributed by atoms with E-state index in [9.17, 15) is 9.18 Å². The Kier molecular flexibility index (Phi) is 14.2. The Bertz CT molecular complexity index is 510. The predicted molar refractivity (Wildman–Crippen MR) is 95.9 cm³/mol. The summed E-state index contributed by atoms with van der Waals surface area (Å²) < 4.78 is 13.8. The SMILES string of the molecule is C=C/C=C(\C=C/C)CC(=O)c1cccc(C)c1F.CC.CC. The van der Waals surface area contributed by atoms with Crippen molar-refractivity contribution < 1.29 is 9.18 Å². The zero-order chi connectivity index (χ0) is 17.5. The maximum atomic E-state index is 13.8. The van der Waals surface area contributed by atoms with Gasteiger partial charge in [0.2, 0.25) is 0 Å². The van der Waals surface area contributed by atoms with Crippen LogP contribution in [-0.2, 0) is 0 Å². The highest BCUT2D eigenvalue weighted by Crippen LogP contribution is 2.16. The number of benzene rings is 1. The van der Waals surface area contributed by atoms with E-state index in [0.717, 1.165) is 5.57 Å². The van der Waals surface area contributed by atoms with Gasteiger partial charge in [-0.05, 0) is 31.1 Å². The average Bonchev–Trinajstić information content (AvgIpc) is 2.54. The molecule has 0 aliphatic carbocycles. The van der Waals surface area contributed by atoms with Crippen LogP contribution in [0.2, 0.25) is 0 Å². The molecule has 0 heterocycles. The van der Waals surface area contributed by atoms with Crippen LogP contribution in [0.25, 0.3) is 0 Å². The van der Waals surface area contributed by atoms with Crippen LogP contribution >= 0.6 is 0 Å². The fourth-order valence-electron chi connectivity index (χ4n) is 1.68. The van der Waals surface area contributed by atoms with Crippen molar-refractivity contribution in [2.75, 3.05) is 0 Å². The van der Waals surface area contributed by atoms with Gasteiger partial charge in [-0.1, -0.05) is 70.7 Å². The molecule has 122 valence electrons. The van der Waals surface area contributed by atoms with Crippen molar-refractivity contribution in [3.8, 4) is 0 Å². The van der Waals surface area contributed by atoms with E-state index in [-0.39, 0.29) is 17.8 Å². The van der Waals surface area contributed by atoms with Crippen LogP contribution in [0.15, 0.2) is 54.7 Å². The van der Waals surface area contributed by atoms with Gasteiger partial charge in [-0.3, -0.25) is 4.79 Å². The zero-order valence-electron chi connectivity index (χ0n) is 14.7. The van der Waals surface area contributed by atoms with Crippen LogP contribution in [-0.4, -0.2) is 5.78 Å². The van der Waals surface area contributed by atoms with Gasteiger partial charge in [0.1, 0.15) is 5.82 Å². The van der Waals surface area contributed by atoms with E-state index in [1.165, 1.54) is 6.07 Å². The third-order valence-electron chi connectivity index (χ3n) is 2.57. The van der Waals surface area contributed by atoms with Crippen molar-refractivity contribution in [3.63, 3.8) is 0 Å². The second kappa shape index (κ2) is 14.0. The number of halogens is 1. The Hall–Kier alpha value is -1.96. The topological polar surface area (TPSA) is 17.1 Å². The molecule has 0 unspecified atom stereocenters. The molecule has 1 aromatic rings. The van der Waals surface area contributed by atoms with Gasteiger partial charge in [-0.2, -0.15) is 0 Å². The molecule has 22 heavy (non-hydrogen) atoms. The number of rotatable bonds is 5. The fraction of sp³-hybridized carbons (Fsp3) is 0.350. The van der Waals surface area contributed by atoms with Crippen LogP contribution in [0.3, 0.4) is 0 Å². The third-order valence-corrected chi connectivity index (χ3v) is 2.57. The van der Waals surface area contributed by atoms with Gasteiger partial charge in [0.25, 0.3) is 0 Å². The maximum absolute atomic E-state index is 13.8. The molecule has 0 aliphatic heterocycles. The average molecular weight is 304 g/mol. The highest BCUT2D eigenvalue weighted by atomic mass is 19.1. The molecule has 1 nitrogen and oxygen atoms in total. The summed E-state index contributed by atoms with van der Waals surface area (Å²) in [4.78, 5) is 12.0. The Balaban J connectivity index is 0. The van der Waals surface area contributed by atoms with E-state index in [4.69, 9.17) is 0 Å². The summed E-state index contributed by atoms with van der Waals surface area (Å²) in [6.45, 7) is 15.1. The Labute approximate surface area is 135 Å². The highest BCUT2D eigenvalue weighted by Gasteiger charge is 2.13. The second-order valence-electron chi connectivity index (χ2n) is 4.01. The summed E-state index contributed by atoms with van der Waals surface area (Å²) >= 11 is 0. The molecule has 1 aromatic carbocycles. The first kappa shape index (κ1) is 22.3. The summed E-state index contributed by atoms with van der Waals surface area (Å²) in [6.07, 6.45) is 7.22. The van der Waals surface area contributed by atoms with Gasteiger partial charge in [-0.25, -0.2) is 4.39 Å². The first-order chi connectivity index (χ1) is 10.6. The molecule has 0 aromatic heterocycles.